The molecule has 1 atom stereocenters. The number of benzene rings is 2. The molecule has 0 unspecified atom stereocenters. The predicted octanol–water partition coefficient (Wildman–Crippen LogP) is 5.67. The van der Waals surface area contributed by atoms with Gasteiger partial charge in [-0.15, -0.1) is 0 Å². The number of carbonyl (C=O) groups excluding carboxylic acids is 4. The lowest BCUT2D eigenvalue weighted by Gasteiger charge is -2.17. The molecule has 0 radical (unpaired) electrons. The molecule has 0 aliphatic rings. The zero-order valence-corrected chi connectivity index (χ0v) is 27.2. The molecule has 1 heterocycles. The van der Waals surface area contributed by atoms with Crippen LogP contribution in [0.15, 0.2) is 77.7 Å². The van der Waals surface area contributed by atoms with Gasteiger partial charge in [-0.3, -0.25) is 14.4 Å². The molecule has 0 saturated heterocycles. The van der Waals surface area contributed by atoms with Crippen molar-refractivity contribution in [3.05, 3.63) is 117 Å². The maximum atomic E-state index is 13.4. The van der Waals surface area contributed by atoms with Crippen LogP contribution in [0.2, 0.25) is 0 Å². The monoisotopic (exact) mass is 628 g/mol. The lowest BCUT2D eigenvalue weighted by atomic mass is 9.95. The predicted molar refractivity (Wildman–Crippen MR) is 177 cm³/mol. The number of nitrogens with zero attached hydrogens (tertiary/aromatic N) is 1. The van der Waals surface area contributed by atoms with Gasteiger partial charge in [0.15, 0.2) is 11.6 Å². The number of ketones is 2. The molecule has 0 spiro atoms. The van der Waals surface area contributed by atoms with Gasteiger partial charge in [-0.1, -0.05) is 60.2 Å². The quantitative estimate of drug-likeness (QED) is 0.151. The van der Waals surface area contributed by atoms with Crippen LogP contribution in [0.5, 0.6) is 0 Å². The Morgan fingerprint density at radius 3 is 2.37 bits per heavy atom. The molecule has 46 heavy (non-hydrogen) atoms. The second-order valence-electron chi connectivity index (χ2n) is 11.4. The minimum absolute atomic E-state index is 0.0258. The minimum atomic E-state index is -0.974. The Morgan fingerprint density at radius 2 is 1.67 bits per heavy atom. The van der Waals surface area contributed by atoms with Gasteiger partial charge in [0.05, 0.1) is 19.2 Å². The molecule has 244 valence electrons. The zero-order chi connectivity index (χ0) is 33.5. The Morgan fingerprint density at radius 1 is 0.957 bits per heavy atom. The number of ether oxygens (including phenoxy) is 2. The van der Waals surface area contributed by atoms with Crippen molar-refractivity contribution in [2.45, 2.75) is 85.4 Å². The van der Waals surface area contributed by atoms with Gasteiger partial charge in [0, 0.05) is 30.7 Å². The van der Waals surface area contributed by atoms with Crippen molar-refractivity contribution in [3.8, 4) is 0 Å². The summed E-state index contributed by atoms with van der Waals surface area (Å²) >= 11 is 0. The van der Waals surface area contributed by atoms with Gasteiger partial charge in [-0.25, -0.2) is 9.59 Å². The van der Waals surface area contributed by atoms with Crippen LogP contribution in [0.3, 0.4) is 0 Å². The number of Topliss-reactive ketones (excluding diaryl/α,β-unsaturated/α-hetero) is 2. The Kier molecular flexibility index (Phi) is 14.2. The third-order valence-electron chi connectivity index (χ3n) is 7.59. The first-order valence-corrected chi connectivity index (χ1v) is 15.7. The molecule has 1 N–H and O–H groups in total. The van der Waals surface area contributed by atoms with Crippen LogP contribution >= 0.6 is 0 Å². The van der Waals surface area contributed by atoms with E-state index < -0.39 is 29.4 Å². The second-order valence-corrected chi connectivity index (χ2v) is 11.4. The second kappa shape index (κ2) is 18.2. The van der Waals surface area contributed by atoms with Crippen LogP contribution in [-0.4, -0.2) is 40.8 Å². The summed E-state index contributed by atoms with van der Waals surface area (Å²) in [5.41, 5.74) is 5.47. The van der Waals surface area contributed by atoms with E-state index in [1.807, 2.05) is 30.3 Å². The number of aryl methyl sites for hydroxylation is 3. The molecular weight excluding hydrogens is 584 g/mol. The average Bonchev–Trinajstić information content (AvgIpc) is 3.01. The highest BCUT2D eigenvalue weighted by Gasteiger charge is 2.23. The van der Waals surface area contributed by atoms with E-state index in [-0.39, 0.29) is 43.9 Å². The van der Waals surface area contributed by atoms with E-state index >= 15 is 0 Å². The largest absolute Gasteiger partial charge is 0.463 e. The first-order valence-electron chi connectivity index (χ1n) is 15.7. The molecule has 9 heteroatoms. The number of nitrogens with one attached hydrogen (secondary N) is 1. The van der Waals surface area contributed by atoms with Crippen LogP contribution in [-0.2, 0) is 49.9 Å². The Bertz CT molecular complexity index is 1570. The SMILES string of the molecule is CCOC(=O)/C=C/CC[C@H](NC(=O)OCc1ccccc1)C(=O)Cc1cccn(CC(=O)CCCc2c(C)cc(C)cc2C)c1=O. The fraction of sp³-hybridized carbons (Fsp3) is 0.378. The molecule has 9 nitrogen and oxygen atoms in total. The summed E-state index contributed by atoms with van der Waals surface area (Å²) in [5.74, 6) is -0.964. The molecule has 0 saturated carbocycles. The summed E-state index contributed by atoms with van der Waals surface area (Å²) in [7, 11) is 0. The van der Waals surface area contributed by atoms with Crippen molar-refractivity contribution in [1.82, 2.24) is 9.88 Å². The number of esters is 1. The number of carbonyl (C=O) groups is 4. The van der Waals surface area contributed by atoms with Crippen LogP contribution in [0.4, 0.5) is 4.79 Å². The van der Waals surface area contributed by atoms with Crippen molar-refractivity contribution in [3.63, 3.8) is 0 Å². The highest BCUT2D eigenvalue weighted by molar-refractivity contribution is 5.89. The number of rotatable bonds is 17. The van der Waals surface area contributed by atoms with E-state index in [0.717, 1.165) is 12.0 Å². The summed E-state index contributed by atoms with van der Waals surface area (Å²) in [6.07, 6.45) is 5.62. The number of hydrogen-bond acceptors (Lipinski definition) is 7. The summed E-state index contributed by atoms with van der Waals surface area (Å²) < 4.78 is 11.5. The summed E-state index contributed by atoms with van der Waals surface area (Å²) in [6.45, 7) is 8.11. The molecule has 0 bridgehead atoms. The number of hydrogen-bond donors (Lipinski definition) is 1. The average molecular weight is 629 g/mol. The minimum Gasteiger partial charge on any atom is -0.463 e. The van der Waals surface area contributed by atoms with Crippen molar-refractivity contribution in [1.29, 1.82) is 0 Å². The lowest BCUT2D eigenvalue weighted by molar-refractivity contribution is -0.137. The molecule has 1 aromatic heterocycles. The van der Waals surface area contributed by atoms with Gasteiger partial charge < -0.3 is 19.4 Å². The van der Waals surface area contributed by atoms with Crippen LogP contribution in [0.25, 0.3) is 0 Å². The highest BCUT2D eigenvalue weighted by atomic mass is 16.5. The van der Waals surface area contributed by atoms with Gasteiger partial charge in [0.1, 0.15) is 6.61 Å². The summed E-state index contributed by atoms with van der Waals surface area (Å²) in [6, 6.07) is 15.6. The van der Waals surface area contributed by atoms with Crippen LogP contribution in [0, 0.1) is 20.8 Å². The van der Waals surface area contributed by atoms with Gasteiger partial charge in [0.25, 0.3) is 5.56 Å². The van der Waals surface area contributed by atoms with E-state index in [2.05, 4.69) is 38.2 Å². The summed E-state index contributed by atoms with van der Waals surface area (Å²) in [4.78, 5) is 63.7. The highest BCUT2D eigenvalue weighted by Crippen LogP contribution is 2.19. The molecule has 1 amide bonds. The van der Waals surface area contributed by atoms with Crippen LogP contribution < -0.4 is 10.9 Å². The van der Waals surface area contributed by atoms with E-state index in [0.29, 0.717) is 19.3 Å². The third kappa shape index (κ3) is 11.6. The Hall–Kier alpha value is -4.79. The molecule has 2 aromatic carbocycles. The Labute approximate surface area is 270 Å². The number of pyridine rings is 1. The van der Waals surface area contributed by atoms with Gasteiger partial charge >= 0.3 is 12.1 Å². The molecule has 3 aromatic rings. The zero-order valence-electron chi connectivity index (χ0n) is 27.2. The third-order valence-corrected chi connectivity index (χ3v) is 7.59. The van der Waals surface area contributed by atoms with E-state index in [1.54, 1.807) is 31.3 Å². The molecule has 0 aliphatic carbocycles. The van der Waals surface area contributed by atoms with Gasteiger partial charge in [0.2, 0.25) is 0 Å². The fourth-order valence-electron chi connectivity index (χ4n) is 5.35. The van der Waals surface area contributed by atoms with E-state index in [1.165, 1.54) is 32.9 Å². The maximum absolute atomic E-state index is 13.4. The fourth-order valence-corrected chi connectivity index (χ4v) is 5.35. The van der Waals surface area contributed by atoms with E-state index in [4.69, 9.17) is 9.47 Å². The van der Waals surface area contributed by atoms with Crippen LogP contribution in [0.1, 0.15) is 66.0 Å². The molecular formula is C37H44N2O7. The molecule has 0 fully saturated rings. The Balaban J connectivity index is 1.62. The topological polar surface area (TPSA) is 121 Å². The maximum Gasteiger partial charge on any atom is 0.408 e. The molecule has 0 aliphatic heterocycles. The van der Waals surface area contributed by atoms with Crippen molar-refractivity contribution < 1.29 is 28.7 Å². The lowest BCUT2D eigenvalue weighted by Crippen LogP contribution is -2.42. The molecule has 3 rings (SSSR count). The van der Waals surface area contributed by atoms with Crippen molar-refractivity contribution in [2.75, 3.05) is 6.61 Å². The number of aromatic nitrogens is 1. The van der Waals surface area contributed by atoms with Gasteiger partial charge in [-0.2, -0.15) is 0 Å². The summed E-state index contributed by atoms with van der Waals surface area (Å²) in [5, 5.41) is 2.61. The van der Waals surface area contributed by atoms with Crippen molar-refractivity contribution in [2.24, 2.45) is 0 Å². The number of allylic oxidation sites excluding steroid dienone is 1. The smallest absolute Gasteiger partial charge is 0.408 e. The normalized spacial score (nSPS) is 11.7. The standard InChI is InChI=1S/C37H44N2O7/c1-5-45-35(42)19-10-9-18-33(38-37(44)46-25-29-13-7-6-8-14-29)34(41)23-30-15-12-20-39(36(30)43)24-31(40)16-11-17-32-27(3)21-26(2)22-28(32)4/h6-8,10,12-15,19-22,33H,5,9,11,16-18,23-25H2,1-4H3,(H,38,44)/b19-10+/t33-/m0/s1. The van der Waals surface area contributed by atoms with Crippen molar-refractivity contribution >= 4 is 23.6 Å². The first kappa shape index (κ1) is 35.7. The first-order chi connectivity index (χ1) is 22.1. The number of alkyl carbamates (subject to hydrolysis) is 1. The van der Waals surface area contributed by atoms with Gasteiger partial charge in [-0.05, 0) is 81.7 Å². The number of amides is 1. The van der Waals surface area contributed by atoms with E-state index in [9.17, 15) is 24.0 Å².